The highest BCUT2D eigenvalue weighted by atomic mass is 32.2. The van der Waals surface area contributed by atoms with Gasteiger partial charge in [-0.05, 0) is 12.5 Å². The van der Waals surface area contributed by atoms with Crippen LogP contribution in [0.5, 0.6) is 0 Å². The zero-order valence-corrected chi connectivity index (χ0v) is 11.8. The Labute approximate surface area is 113 Å². The summed E-state index contributed by atoms with van der Waals surface area (Å²) in [5.74, 6) is 0.160. The lowest BCUT2D eigenvalue weighted by Gasteiger charge is -2.33. The van der Waals surface area contributed by atoms with Crippen molar-refractivity contribution in [2.24, 2.45) is 0 Å². The summed E-state index contributed by atoms with van der Waals surface area (Å²) in [6.07, 6.45) is 1.71. The molecule has 1 N–H and O–H groups in total. The zero-order chi connectivity index (χ0) is 13.9. The molecule has 2 heterocycles. The van der Waals surface area contributed by atoms with Gasteiger partial charge in [0.15, 0.2) is 0 Å². The fourth-order valence-electron chi connectivity index (χ4n) is 2.15. The van der Waals surface area contributed by atoms with Crippen LogP contribution >= 0.6 is 0 Å². The molecule has 19 heavy (non-hydrogen) atoms. The molecule has 1 aromatic heterocycles. The first-order chi connectivity index (χ1) is 9.01. The second-order valence-corrected chi connectivity index (χ2v) is 6.89. The van der Waals surface area contributed by atoms with Crippen LogP contribution in [0.2, 0.25) is 0 Å². The molecule has 6 nitrogen and oxygen atoms in total. The third-order valence-electron chi connectivity index (χ3n) is 3.34. The molecule has 0 aromatic carbocycles. The molecule has 1 aliphatic rings. The van der Waals surface area contributed by atoms with E-state index in [-0.39, 0.29) is 11.3 Å². The smallest absolute Gasteiger partial charge is 0.247 e. The van der Waals surface area contributed by atoms with Crippen LogP contribution in [0, 0.1) is 0 Å². The summed E-state index contributed by atoms with van der Waals surface area (Å²) < 4.78 is 25.0. The van der Waals surface area contributed by atoms with Crippen LogP contribution in [-0.4, -0.2) is 54.5 Å². The Morgan fingerprint density at radius 2 is 1.89 bits per heavy atom. The molecule has 7 heteroatoms. The number of piperazine rings is 1. The van der Waals surface area contributed by atoms with Crippen molar-refractivity contribution < 1.29 is 8.42 Å². The maximum atomic E-state index is 11.7. The molecule has 1 fully saturated rings. The normalized spacial score (nSPS) is 18.6. The average Bonchev–Trinajstić information content (AvgIpc) is 2.42. The quantitative estimate of drug-likeness (QED) is 0.834. The lowest BCUT2D eigenvalue weighted by molar-refractivity contribution is 0.181. The van der Waals surface area contributed by atoms with Crippen molar-refractivity contribution >= 4 is 10.0 Å². The summed E-state index contributed by atoms with van der Waals surface area (Å²) in [7, 11) is -3.06. The van der Waals surface area contributed by atoms with E-state index in [2.05, 4.69) is 9.88 Å². The lowest BCUT2D eigenvalue weighted by Crippen LogP contribution is -2.48. The Morgan fingerprint density at radius 1 is 1.21 bits per heavy atom. The minimum Gasteiger partial charge on any atom is -0.329 e. The van der Waals surface area contributed by atoms with Crippen molar-refractivity contribution in [3.63, 3.8) is 0 Å². The number of nitrogens with one attached hydrogen (secondary N) is 1. The highest BCUT2D eigenvalue weighted by Crippen LogP contribution is 2.10. The molecule has 0 spiro atoms. The van der Waals surface area contributed by atoms with Crippen LogP contribution in [0.15, 0.2) is 23.1 Å². The van der Waals surface area contributed by atoms with Gasteiger partial charge in [0.25, 0.3) is 0 Å². The van der Waals surface area contributed by atoms with Crippen molar-refractivity contribution in [1.29, 1.82) is 0 Å². The summed E-state index contributed by atoms with van der Waals surface area (Å²) in [5, 5.41) is 0. The van der Waals surface area contributed by atoms with E-state index in [1.165, 1.54) is 6.07 Å². The summed E-state index contributed by atoms with van der Waals surface area (Å²) >= 11 is 0. The van der Waals surface area contributed by atoms with E-state index in [9.17, 15) is 13.2 Å². The molecule has 0 unspecified atom stereocenters. The number of rotatable bonds is 4. The minimum absolute atomic E-state index is 0.109. The van der Waals surface area contributed by atoms with Crippen LogP contribution < -0.4 is 5.56 Å². The predicted octanol–water partition coefficient (Wildman–Crippen LogP) is -0.158. The average molecular weight is 285 g/mol. The molecular formula is C12H19N3O3S. The second kappa shape index (κ2) is 5.85. The molecule has 0 bridgehead atoms. The molecule has 0 amide bonds. The Balaban J connectivity index is 1.90. The number of sulfonamides is 1. The fraction of sp³-hybridized carbons (Fsp3) is 0.583. The van der Waals surface area contributed by atoms with Crippen LogP contribution in [0.25, 0.3) is 0 Å². The molecule has 0 saturated carbocycles. The predicted molar refractivity (Wildman–Crippen MR) is 73.4 cm³/mol. The maximum absolute atomic E-state index is 11.7. The summed E-state index contributed by atoms with van der Waals surface area (Å²) in [6, 6.07) is 3.31. The van der Waals surface area contributed by atoms with E-state index < -0.39 is 10.0 Å². The van der Waals surface area contributed by atoms with Crippen molar-refractivity contribution in [1.82, 2.24) is 14.2 Å². The number of hydrogen-bond donors (Lipinski definition) is 1. The molecule has 2 rings (SSSR count). The van der Waals surface area contributed by atoms with Crippen molar-refractivity contribution in [3.05, 3.63) is 34.2 Å². The molecule has 0 atom stereocenters. The fourth-order valence-corrected chi connectivity index (χ4v) is 3.23. The first kappa shape index (κ1) is 14.2. The molecule has 1 saturated heterocycles. The van der Waals surface area contributed by atoms with Crippen LogP contribution in [0.3, 0.4) is 0 Å². The number of H-pyrrole nitrogens is 1. The van der Waals surface area contributed by atoms with Gasteiger partial charge in [-0.3, -0.25) is 9.69 Å². The Kier molecular flexibility index (Phi) is 4.38. The SMILES string of the molecule is CCS(=O)(=O)N1CCN(Cc2ccc(=O)[nH]c2)CC1. The number of aromatic amines is 1. The van der Waals surface area contributed by atoms with E-state index >= 15 is 0 Å². The molecular weight excluding hydrogens is 266 g/mol. The largest absolute Gasteiger partial charge is 0.329 e. The maximum Gasteiger partial charge on any atom is 0.247 e. The van der Waals surface area contributed by atoms with Gasteiger partial charge in [0, 0.05) is 45.0 Å². The van der Waals surface area contributed by atoms with E-state index in [0.29, 0.717) is 13.1 Å². The van der Waals surface area contributed by atoms with E-state index in [4.69, 9.17) is 0 Å². The molecule has 0 radical (unpaired) electrons. The number of aromatic nitrogens is 1. The van der Waals surface area contributed by atoms with Gasteiger partial charge < -0.3 is 4.98 Å². The summed E-state index contributed by atoms with van der Waals surface area (Å²) in [5.41, 5.74) is 0.925. The van der Waals surface area contributed by atoms with E-state index in [0.717, 1.165) is 25.2 Å². The van der Waals surface area contributed by atoms with Crippen molar-refractivity contribution in [3.8, 4) is 0 Å². The number of pyridine rings is 1. The first-order valence-corrected chi connectivity index (χ1v) is 8.00. The monoisotopic (exact) mass is 285 g/mol. The Bertz CT molecular complexity index is 554. The highest BCUT2D eigenvalue weighted by Gasteiger charge is 2.25. The van der Waals surface area contributed by atoms with Crippen LogP contribution in [0.4, 0.5) is 0 Å². The van der Waals surface area contributed by atoms with Gasteiger partial charge in [0.05, 0.1) is 5.75 Å². The molecule has 1 aromatic rings. The number of nitrogens with zero attached hydrogens (tertiary/aromatic N) is 2. The van der Waals surface area contributed by atoms with Gasteiger partial charge in [-0.15, -0.1) is 0 Å². The molecule has 1 aliphatic heterocycles. The highest BCUT2D eigenvalue weighted by molar-refractivity contribution is 7.89. The third-order valence-corrected chi connectivity index (χ3v) is 5.23. The Hall–Kier alpha value is -1.18. The van der Waals surface area contributed by atoms with Gasteiger partial charge in [-0.2, -0.15) is 4.31 Å². The summed E-state index contributed by atoms with van der Waals surface area (Å²) in [4.78, 5) is 15.8. The summed E-state index contributed by atoms with van der Waals surface area (Å²) in [6.45, 7) is 4.93. The van der Waals surface area contributed by atoms with Gasteiger partial charge in [0.1, 0.15) is 0 Å². The van der Waals surface area contributed by atoms with Crippen molar-refractivity contribution in [2.45, 2.75) is 13.5 Å². The molecule has 0 aliphatic carbocycles. The Morgan fingerprint density at radius 3 is 2.42 bits per heavy atom. The lowest BCUT2D eigenvalue weighted by atomic mass is 10.2. The minimum atomic E-state index is -3.06. The van der Waals surface area contributed by atoms with Gasteiger partial charge in [-0.25, -0.2) is 8.42 Å². The number of hydrogen-bond acceptors (Lipinski definition) is 4. The second-order valence-electron chi connectivity index (χ2n) is 4.64. The van der Waals surface area contributed by atoms with Crippen LogP contribution in [-0.2, 0) is 16.6 Å². The topological polar surface area (TPSA) is 73.5 Å². The van der Waals surface area contributed by atoms with Gasteiger partial charge >= 0.3 is 0 Å². The van der Waals surface area contributed by atoms with Gasteiger partial charge in [-0.1, -0.05) is 6.07 Å². The zero-order valence-electron chi connectivity index (χ0n) is 11.0. The third kappa shape index (κ3) is 3.65. The first-order valence-electron chi connectivity index (χ1n) is 6.39. The standard InChI is InChI=1S/C12H19N3O3S/c1-2-19(17,18)15-7-5-14(6-8-15)10-11-3-4-12(16)13-9-11/h3-4,9H,2,5-8,10H2,1H3,(H,13,16). The van der Waals surface area contributed by atoms with Crippen molar-refractivity contribution in [2.75, 3.05) is 31.9 Å². The van der Waals surface area contributed by atoms with Crippen LogP contribution in [0.1, 0.15) is 12.5 Å². The van der Waals surface area contributed by atoms with Gasteiger partial charge in [0.2, 0.25) is 15.6 Å². The van der Waals surface area contributed by atoms with E-state index in [1.54, 1.807) is 23.5 Å². The van der Waals surface area contributed by atoms with E-state index in [1.807, 2.05) is 0 Å². The molecule has 106 valence electrons.